The monoisotopic (exact) mass is 395 g/mol. The Bertz CT molecular complexity index is 623. The van der Waals surface area contributed by atoms with E-state index in [0.29, 0.717) is 10.5 Å². The summed E-state index contributed by atoms with van der Waals surface area (Å²) in [5.41, 5.74) is 1.35. The molecule has 0 amide bonds. The Morgan fingerprint density at radius 3 is 2.29 bits per heavy atom. The average molecular weight is 397 g/mol. The van der Waals surface area contributed by atoms with Gasteiger partial charge in [-0.3, -0.25) is 0 Å². The molecule has 0 aliphatic rings. The van der Waals surface area contributed by atoms with Crippen molar-refractivity contribution in [2.75, 3.05) is 7.05 Å². The second kappa shape index (κ2) is 6.57. The molecule has 0 saturated heterocycles. The molecule has 21 heavy (non-hydrogen) atoms. The van der Waals surface area contributed by atoms with Crippen LogP contribution in [0, 0.1) is 12.3 Å². The summed E-state index contributed by atoms with van der Waals surface area (Å²) in [7, 11) is -1.93. The van der Waals surface area contributed by atoms with Crippen molar-refractivity contribution in [3.63, 3.8) is 0 Å². The predicted octanol–water partition coefficient (Wildman–Crippen LogP) is 4.55. The van der Waals surface area contributed by atoms with Crippen LogP contribution in [-0.4, -0.2) is 25.8 Å². The van der Waals surface area contributed by atoms with E-state index in [1.165, 1.54) is 4.31 Å². The molecular formula is C15H23BrClNO2S. The first-order chi connectivity index (χ1) is 9.42. The first-order valence-electron chi connectivity index (χ1n) is 6.76. The van der Waals surface area contributed by atoms with E-state index in [-0.39, 0.29) is 17.3 Å². The first-order valence-corrected chi connectivity index (χ1v) is 9.52. The van der Waals surface area contributed by atoms with Gasteiger partial charge in [-0.2, -0.15) is 4.31 Å². The number of sulfonamides is 1. The smallest absolute Gasteiger partial charge is 0.207 e. The van der Waals surface area contributed by atoms with Gasteiger partial charge in [0, 0.05) is 23.4 Å². The van der Waals surface area contributed by atoms with Crippen molar-refractivity contribution in [2.24, 2.45) is 5.41 Å². The van der Waals surface area contributed by atoms with Crippen molar-refractivity contribution >= 4 is 37.6 Å². The van der Waals surface area contributed by atoms with Gasteiger partial charge in [0.05, 0.1) is 4.90 Å². The zero-order chi connectivity index (χ0) is 16.6. The molecule has 0 N–H and O–H groups in total. The molecule has 0 aromatic heterocycles. The van der Waals surface area contributed by atoms with Crippen molar-refractivity contribution in [1.29, 1.82) is 0 Å². The molecule has 1 unspecified atom stereocenters. The van der Waals surface area contributed by atoms with Gasteiger partial charge in [0.2, 0.25) is 10.0 Å². The van der Waals surface area contributed by atoms with E-state index < -0.39 is 10.0 Å². The van der Waals surface area contributed by atoms with Gasteiger partial charge in [-0.05, 0) is 42.5 Å². The maximum atomic E-state index is 12.9. The molecule has 6 heteroatoms. The fraction of sp³-hybridized carbons (Fsp3) is 0.600. The van der Waals surface area contributed by atoms with Gasteiger partial charge in [-0.25, -0.2) is 8.42 Å². The minimum absolute atomic E-state index is 0.125. The van der Waals surface area contributed by atoms with Crippen LogP contribution in [-0.2, 0) is 15.9 Å². The van der Waals surface area contributed by atoms with Crippen molar-refractivity contribution in [3.8, 4) is 0 Å². The zero-order valence-corrected chi connectivity index (χ0v) is 16.5. The fourth-order valence-corrected chi connectivity index (χ4v) is 4.59. The number of nitrogens with zero attached hydrogens (tertiary/aromatic N) is 1. The number of alkyl halides is 1. The highest BCUT2D eigenvalue weighted by molar-refractivity contribution is 9.10. The summed E-state index contributed by atoms with van der Waals surface area (Å²) in [6, 6.07) is 3.39. The molecule has 0 saturated carbocycles. The van der Waals surface area contributed by atoms with E-state index in [0.717, 1.165) is 10.0 Å². The summed E-state index contributed by atoms with van der Waals surface area (Å²) < 4.78 is 28.1. The molecule has 120 valence electrons. The molecule has 0 aliphatic carbocycles. The van der Waals surface area contributed by atoms with Crippen LogP contribution in [0.25, 0.3) is 0 Å². The SMILES string of the molecule is Cc1c(Br)cc(CCl)cc1S(=O)(=O)N(C)C(C)C(C)(C)C. The van der Waals surface area contributed by atoms with Crippen molar-refractivity contribution in [2.45, 2.75) is 51.4 Å². The average Bonchev–Trinajstić information content (AvgIpc) is 2.38. The van der Waals surface area contributed by atoms with Crippen molar-refractivity contribution in [1.82, 2.24) is 4.31 Å². The standard InChI is InChI=1S/C15H23BrClNO2S/c1-10-13(16)7-12(9-17)8-14(10)21(19,20)18(6)11(2)15(3,4)5/h7-8,11H,9H2,1-6H3. The molecule has 1 aromatic carbocycles. The van der Waals surface area contributed by atoms with Gasteiger partial charge in [-0.15, -0.1) is 11.6 Å². The van der Waals surface area contributed by atoms with Crippen LogP contribution >= 0.6 is 27.5 Å². The lowest BCUT2D eigenvalue weighted by Gasteiger charge is -2.34. The number of benzene rings is 1. The van der Waals surface area contributed by atoms with E-state index in [1.54, 1.807) is 20.0 Å². The molecule has 0 aliphatic heterocycles. The van der Waals surface area contributed by atoms with Gasteiger partial charge in [0.15, 0.2) is 0 Å². The topological polar surface area (TPSA) is 37.4 Å². The lowest BCUT2D eigenvalue weighted by molar-refractivity contribution is 0.216. The molecule has 0 bridgehead atoms. The Morgan fingerprint density at radius 1 is 1.33 bits per heavy atom. The van der Waals surface area contributed by atoms with Gasteiger partial charge in [0.1, 0.15) is 0 Å². The predicted molar refractivity (Wildman–Crippen MR) is 92.3 cm³/mol. The van der Waals surface area contributed by atoms with Crippen LogP contribution in [0.5, 0.6) is 0 Å². The summed E-state index contributed by atoms with van der Waals surface area (Å²) in [6.07, 6.45) is 0. The summed E-state index contributed by atoms with van der Waals surface area (Å²) >= 11 is 9.27. The number of rotatable bonds is 4. The summed E-state index contributed by atoms with van der Waals surface area (Å²) in [4.78, 5) is 0.311. The quantitative estimate of drug-likeness (QED) is 0.700. The molecular weight excluding hydrogens is 374 g/mol. The van der Waals surface area contributed by atoms with E-state index in [1.807, 2.05) is 33.8 Å². The van der Waals surface area contributed by atoms with Crippen LogP contribution in [0.1, 0.15) is 38.8 Å². The Balaban J connectivity index is 3.41. The van der Waals surface area contributed by atoms with Crippen LogP contribution < -0.4 is 0 Å². The molecule has 1 aromatic rings. The summed E-state index contributed by atoms with van der Waals surface area (Å²) in [6.45, 7) is 9.81. The summed E-state index contributed by atoms with van der Waals surface area (Å²) in [5, 5.41) is 0. The Hall–Kier alpha value is -0.100. The van der Waals surface area contributed by atoms with Gasteiger partial charge < -0.3 is 0 Å². The maximum Gasteiger partial charge on any atom is 0.243 e. The molecule has 0 spiro atoms. The van der Waals surface area contributed by atoms with Crippen LogP contribution in [0.4, 0.5) is 0 Å². The van der Waals surface area contributed by atoms with Gasteiger partial charge in [0.25, 0.3) is 0 Å². The number of hydrogen-bond acceptors (Lipinski definition) is 2. The maximum absolute atomic E-state index is 12.9. The number of hydrogen-bond donors (Lipinski definition) is 0. The lowest BCUT2D eigenvalue weighted by Crippen LogP contribution is -2.43. The number of halogens is 2. The third kappa shape index (κ3) is 4.01. The largest absolute Gasteiger partial charge is 0.243 e. The Labute approximate surface area is 141 Å². The highest BCUT2D eigenvalue weighted by Crippen LogP contribution is 2.32. The minimum Gasteiger partial charge on any atom is -0.207 e. The van der Waals surface area contributed by atoms with Crippen LogP contribution in [0.3, 0.4) is 0 Å². The van der Waals surface area contributed by atoms with Crippen molar-refractivity contribution < 1.29 is 8.42 Å². The molecule has 0 radical (unpaired) electrons. The first kappa shape index (κ1) is 18.9. The molecule has 3 nitrogen and oxygen atoms in total. The molecule has 0 heterocycles. The molecule has 1 atom stereocenters. The highest BCUT2D eigenvalue weighted by atomic mass is 79.9. The van der Waals surface area contributed by atoms with Gasteiger partial charge in [-0.1, -0.05) is 36.7 Å². The van der Waals surface area contributed by atoms with E-state index in [9.17, 15) is 8.42 Å². The fourth-order valence-electron chi connectivity index (χ4n) is 1.96. The van der Waals surface area contributed by atoms with Crippen molar-refractivity contribution in [3.05, 3.63) is 27.7 Å². The zero-order valence-electron chi connectivity index (χ0n) is 13.4. The third-order valence-electron chi connectivity index (χ3n) is 3.97. The van der Waals surface area contributed by atoms with E-state index in [4.69, 9.17) is 11.6 Å². The third-order valence-corrected chi connectivity index (χ3v) is 7.15. The Kier molecular flexibility index (Phi) is 5.93. The second-order valence-corrected chi connectivity index (χ2v) is 9.49. The van der Waals surface area contributed by atoms with Crippen LogP contribution in [0.15, 0.2) is 21.5 Å². The molecule has 1 rings (SSSR count). The molecule has 0 fully saturated rings. The summed E-state index contributed by atoms with van der Waals surface area (Å²) in [5.74, 6) is 0.278. The second-order valence-electron chi connectivity index (χ2n) is 6.40. The minimum atomic E-state index is -3.56. The highest BCUT2D eigenvalue weighted by Gasteiger charge is 2.33. The Morgan fingerprint density at radius 2 is 1.86 bits per heavy atom. The van der Waals surface area contributed by atoms with E-state index >= 15 is 0 Å². The lowest BCUT2D eigenvalue weighted by atomic mass is 9.88. The van der Waals surface area contributed by atoms with E-state index in [2.05, 4.69) is 15.9 Å². The van der Waals surface area contributed by atoms with Crippen LogP contribution in [0.2, 0.25) is 0 Å². The van der Waals surface area contributed by atoms with Gasteiger partial charge >= 0.3 is 0 Å². The normalized spacial score (nSPS) is 14.5.